The first-order chi connectivity index (χ1) is 10.5. The van der Waals surface area contributed by atoms with Crippen molar-refractivity contribution in [2.24, 2.45) is 0 Å². The zero-order valence-electron chi connectivity index (χ0n) is 11.2. The minimum atomic E-state index is -1.19. The lowest BCUT2D eigenvalue weighted by Gasteiger charge is -2.33. The molecule has 0 saturated heterocycles. The lowest BCUT2D eigenvalue weighted by molar-refractivity contribution is -0.144. The summed E-state index contributed by atoms with van der Waals surface area (Å²) in [5.41, 5.74) is 1.12. The highest BCUT2D eigenvalue weighted by Gasteiger charge is 2.36. The van der Waals surface area contributed by atoms with Gasteiger partial charge in [0.25, 0.3) is 0 Å². The third-order valence-electron chi connectivity index (χ3n) is 3.53. The van der Waals surface area contributed by atoms with E-state index in [9.17, 15) is 20.1 Å². The van der Waals surface area contributed by atoms with Gasteiger partial charge in [-0.25, -0.2) is 4.79 Å². The average molecular weight is 338 g/mol. The summed E-state index contributed by atoms with van der Waals surface area (Å²) in [5, 5.41) is 32.0. The van der Waals surface area contributed by atoms with Crippen LogP contribution in [0.4, 0.5) is 0 Å². The van der Waals surface area contributed by atoms with Crippen molar-refractivity contribution in [2.45, 2.75) is 12.6 Å². The molecule has 7 heteroatoms. The highest BCUT2D eigenvalue weighted by molar-refractivity contribution is 7.11. The highest BCUT2D eigenvalue weighted by Crippen LogP contribution is 2.39. The second kappa shape index (κ2) is 5.55. The Balaban J connectivity index is 2.10. The summed E-state index contributed by atoms with van der Waals surface area (Å²) in [6.07, 6.45) is 0. The summed E-state index contributed by atoms with van der Waals surface area (Å²) in [6.45, 7) is 0.177. The van der Waals surface area contributed by atoms with Crippen molar-refractivity contribution < 1.29 is 20.1 Å². The van der Waals surface area contributed by atoms with Gasteiger partial charge in [0.05, 0.1) is 4.88 Å². The number of carboxylic acids is 1. The van der Waals surface area contributed by atoms with E-state index < -0.39 is 17.9 Å². The van der Waals surface area contributed by atoms with Crippen LogP contribution < -0.4 is 0 Å². The second-order valence-electron chi connectivity index (χ2n) is 4.84. The molecule has 0 fully saturated rings. The van der Waals surface area contributed by atoms with E-state index in [1.165, 1.54) is 16.2 Å². The van der Waals surface area contributed by atoms with Crippen molar-refractivity contribution in [3.63, 3.8) is 0 Å². The van der Waals surface area contributed by atoms with Crippen LogP contribution in [0.15, 0.2) is 41.6 Å². The van der Waals surface area contributed by atoms with Crippen LogP contribution in [0.3, 0.4) is 0 Å². The van der Waals surface area contributed by atoms with Crippen molar-refractivity contribution in [2.75, 3.05) is 0 Å². The third-order valence-corrected chi connectivity index (χ3v) is 4.84. The molecule has 0 spiro atoms. The fourth-order valence-corrected chi connectivity index (χ4v) is 3.60. The largest absolute Gasteiger partial charge is 0.502 e. The van der Waals surface area contributed by atoms with Crippen molar-refractivity contribution in [3.05, 3.63) is 62.6 Å². The molecule has 0 aliphatic carbocycles. The zero-order valence-corrected chi connectivity index (χ0v) is 12.8. The molecular formula is C15H12ClNO4S. The number of thiophene rings is 1. The third kappa shape index (κ3) is 2.30. The molecule has 0 saturated carbocycles. The molecule has 0 unspecified atom stereocenters. The van der Waals surface area contributed by atoms with Crippen molar-refractivity contribution in [1.29, 1.82) is 0 Å². The van der Waals surface area contributed by atoms with Crippen LogP contribution in [-0.2, 0) is 11.3 Å². The van der Waals surface area contributed by atoms with Crippen molar-refractivity contribution in [1.82, 2.24) is 4.90 Å². The standard InChI is InChI=1S/C15H12ClNO4S/c16-10-4-2-1-3-9(10)11(15(20)21)17-7-8-5-6-22-13(8)12(18)14(17)19/h1-6,11,18-19H,7H2,(H,20,21)/t11-/m0/s1. The Bertz CT molecular complexity index is 770. The van der Waals surface area contributed by atoms with Gasteiger partial charge in [0.2, 0.25) is 5.88 Å². The van der Waals surface area contributed by atoms with Gasteiger partial charge in [0.15, 0.2) is 11.8 Å². The fourth-order valence-electron chi connectivity index (χ4n) is 2.51. The van der Waals surface area contributed by atoms with Gasteiger partial charge in [0, 0.05) is 17.1 Å². The molecule has 2 aromatic rings. The summed E-state index contributed by atoms with van der Waals surface area (Å²) < 4.78 is 0. The molecule has 1 aromatic heterocycles. The Morgan fingerprint density at radius 1 is 1.27 bits per heavy atom. The zero-order chi connectivity index (χ0) is 15.9. The number of nitrogens with zero attached hydrogens (tertiary/aromatic N) is 1. The summed E-state index contributed by atoms with van der Waals surface area (Å²) in [6, 6.07) is 7.16. The SMILES string of the molecule is O=C(O)[C@H](c1ccccc1Cl)N1Cc2ccsc2C(O)=C1O. The minimum absolute atomic E-state index is 0.177. The number of rotatable bonds is 3. The van der Waals surface area contributed by atoms with Gasteiger partial charge in [0.1, 0.15) is 0 Å². The first-order valence-electron chi connectivity index (χ1n) is 6.43. The minimum Gasteiger partial charge on any atom is -0.502 e. The Morgan fingerprint density at radius 3 is 2.68 bits per heavy atom. The number of carbonyl (C=O) groups is 1. The fraction of sp³-hybridized carbons (Fsp3) is 0.133. The summed E-state index contributed by atoms with van der Waals surface area (Å²) in [7, 11) is 0. The summed E-state index contributed by atoms with van der Waals surface area (Å²) in [5.74, 6) is -1.93. The smallest absolute Gasteiger partial charge is 0.331 e. The first-order valence-corrected chi connectivity index (χ1v) is 7.69. The Morgan fingerprint density at radius 2 is 2.00 bits per heavy atom. The maximum absolute atomic E-state index is 11.7. The van der Waals surface area contributed by atoms with Gasteiger partial charge in [-0.15, -0.1) is 11.3 Å². The number of hydrogen-bond donors (Lipinski definition) is 3. The first kappa shape index (κ1) is 14.7. The van der Waals surface area contributed by atoms with E-state index >= 15 is 0 Å². The molecule has 2 heterocycles. The molecule has 0 bridgehead atoms. The average Bonchev–Trinajstić information content (AvgIpc) is 2.94. The van der Waals surface area contributed by atoms with Crippen molar-refractivity contribution >= 4 is 34.7 Å². The topological polar surface area (TPSA) is 81.0 Å². The maximum Gasteiger partial charge on any atom is 0.331 e. The van der Waals surface area contributed by atoms with Gasteiger partial charge in [-0.2, -0.15) is 0 Å². The van der Waals surface area contributed by atoms with E-state index in [4.69, 9.17) is 11.6 Å². The van der Waals surface area contributed by atoms with Crippen LogP contribution >= 0.6 is 22.9 Å². The monoisotopic (exact) mass is 337 g/mol. The number of hydrogen-bond acceptors (Lipinski definition) is 5. The van der Waals surface area contributed by atoms with Crippen LogP contribution in [-0.4, -0.2) is 26.2 Å². The number of halogens is 1. The van der Waals surface area contributed by atoms with Crippen molar-refractivity contribution in [3.8, 4) is 0 Å². The normalized spacial score (nSPS) is 15.6. The van der Waals surface area contributed by atoms with Crippen LogP contribution in [0.1, 0.15) is 22.0 Å². The maximum atomic E-state index is 11.7. The van der Waals surface area contributed by atoms with Gasteiger partial charge in [-0.3, -0.25) is 0 Å². The predicted octanol–water partition coefficient (Wildman–Crippen LogP) is 3.79. The van der Waals surface area contributed by atoms with E-state index in [0.29, 0.717) is 15.5 Å². The molecule has 1 aliphatic rings. The Hall–Kier alpha value is -2.18. The number of aliphatic carboxylic acids is 1. The van der Waals surface area contributed by atoms with E-state index in [2.05, 4.69) is 0 Å². The molecule has 1 aromatic carbocycles. The summed E-state index contributed by atoms with van der Waals surface area (Å²) >= 11 is 7.39. The number of fused-ring (bicyclic) bond motifs is 1. The lowest BCUT2D eigenvalue weighted by Crippen LogP contribution is -2.35. The molecule has 1 aliphatic heterocycles. The lowest BCUT2D eigenvalue weighted by atomic mass is 10.0. The Kier molecular flexibility index (Phi) is 3.72. The summed E-state index contributed by atoms with van der Waals surface area (Å²) in [4.78, 5) is 13.5. The van der Waals surface area contributed by atoms with E-state index in [0.717, 1.165) is 5.56 Å². The number of benzene rings is 1. The molecule has 3 N–H and O–H groups in total. The molecule has 3 rings (SSSR count). The van der Waals surface area contributed by atoms with Crippen LogP contribution in [0.5, 0.6) is 0 Å². The number of aliphatic hydroxyl groups is 2. The number of aliphatic hydroxyl groups excluding tert-OH is 2. The van der Waals surface area contributed by atoms with Gasteiger partial charge >= 0.3 is 5.97 Å². The molecule has 0 amide bonds. The molecular weight excluding hydrogens is 326 g/mol. The quantitative estimate of drug-likeness (QED) is 0.794. The Labute approximate surface area is 135 Å². The molecule has 114 valence electrons. The number of carboxylic acid groups (broad SMARTS) is 1. The molecule has 5 nitrogen and oxygen atoms in total. The van der Waals surface area contributed by atoms with Crippen LogP contribution in [0.25, 0.3) is 5.76 Å². The van der Waals surface area contributed by atoms with Gasteiger partial charge in [-0.1, -0.05) is 29.8 Å². The highest BCUT2D eigenvalue weighted by atomic mass is 35.5. The van der Waals surface area contributed by atoms with Gasteiger partial charge < -0.3 is 20.2 Å². The van der Waals surface area contributed by atoms with Crippen LogP contribution in [0.2, 0.25) is 5.02 Å². The van der Waals surface area contributed by atoms with E-state index in [-0.39, 0.29) is 12.3 Å². The van der Waals surface area contributed by atoms with Crippen LogP contribution in [0, 0.1) is 0 Å². The second-order valence-corrected chi connectivity index (χ2v) is 6.16. The molecule has 1 atom stereocenters. The predicted molar refractivity (Wildman–Crippen MR) is 83.9 cm³/mol. The molecule has 0 radical (unpaired) electrons. The van der Waals surface area contributed by atoms with E-state index in [1.54, 1.807) is 35.7 Å². The van der Waals surface area contributed by atoms with E-state index in [1.807, 2.05) is 0 Å². The van der Waals surface area contributed by atoms with Gasteiger partial charge in [-0.05, 0) is 23.1 Å². The molecule has 22 heavy (non-hydrogen) atoms.